The molecule has 0 amide bonds. The van der Waals surface area contributed by atoms with Crippen LogP contribution < -0.4 is 10.4 Å². The van der Waals surface area contributed by atoms with Crippen molar-refractivity contribution >= 4 is 11.0 Å². The highest BCUT2D eigenvalue weighted by Gasteiger charge is 2.24. The van der Waals surface area contributed by atoms with Crippen LogP contribution in [0.1, 0.15) is 35.1 Å². The maximum absolute atomic E-state index is 12.2. The third-order valence-electron chi connectivity index (χ3n) is 5.37. The predicted octanol–water partition coefficient (Wildman–Crippen LogP) is 4.37. The Morgan fingerprint density at radius 2 is 1.85 bits per heavy atom. The Bertz CT molecular complexity index is 1010. The molecule has 4 nitrogen and oxygen atoms in total. The average Bonchev–Trinajstić information content (AvgIpc) is 2.67. The molecule has 1 aromatic heterocycles. The molecule has 0 saturated carbocycles. The number of rotatable bonds is 3. The van der Waals surface area contributed by atoms with Gasteiger partial charge in [-0.05, 0) is 43.0 Å². The summed E-state index contributed by atoms with van der Waals surface area (Å²) in [6, 6.07) is 14.5. The normalized spacial score (nSPS) is 15.5. The summed E-state index contributed by atoms with van der Waals surface area (Å²) in [7, 11) is 0. The van der Waals surface area contributed by atoms with Gasteiger partial charge in [-0.1, -0.05) is 37.3 Å². The van der Waals surface area contributed by atoms with Crippen LogP contribution in [0.2, 0.25) is 0 Å². The molecule has 0 bridgehead atoms. The molecule has 0 saturated heterocycles. The van der Waals surface area contributed by atoms with Gasteiger partial charge in [0.2, 0.25) is 0 Å². The lowest BCUT2D eigenvalue weighted by Gasteiger charge is -2.31. The molecule has 2 heterocycles. The summed E-state index contributed by atoms with van der Waals surface area (Å²) >= 11 is 0. The van der Waals surface area contributed by atoms with Crippen LogP contribution in [0.4, 0.5) is 0 Å². The van der Waals surface area contributed by atoms with E-state index in [1.807, 2.05) is 32.0 Å². The molecular weight excluding hydrogens is 326 g/mol. The van der Waals surface area contributed by atoms with Gasteiger partial charge in [-0.25, -0.2) is 4.79 Å². The van der Waals surface area contributed by atoms with E-state index in [1.165, 1.54) is 5.56 Å². The van der Waals surface area contributed by atoms with Crippen LogP contribution >= 0.6 is 0 Å². The van der Waals surface area contributed by atoms with Gasteiger partial charge < -0.3 is 9.15 Å². The van der Waals surface area contributed by atoms with Crippen LogP contribution in [-0.4, -0.2) is 18.2 Å². The van der Waals surface area contributed by atoms with Crippen molar-refractivity contribution < 1.29 is 9.15 Å². The summed E-state index contributed by atoms with van der Waals surface area (Å²) in [5.74, 6) is 1.21. The van der Waals surface area contributed by atoms with Gasteiger partial charge in [0.15, 0.2) is 0 Å². The van der Waals surface area contributed by atoms with E-state index in [-0.39, 0.29) is 5.63 Å². The van der Waals surface area contributed by atoms with E-state index in [1.54, 1.807) is 0 Å². The van der Waals surface area contributed by atoms with Crippen LogP contribution in [0.15, 0.2) is 51.7 Å². The lowest BCUT2D eigenvalue weighted by molar-refractivity contribution is 0.0909. The Labute approximate surface area is 153 Å². The number of benzene rings is 2. The van der Waals surface area contributed by atoms with Gasteiger partial charge >= 0.3 is 5.63 Å². The van der Waals surface area contributed by atoms with Crippen molar-refractivity contribution in [3.63, 3.8) is 0 Å². The minimum atomic E-state index is -0.266. The minimum Gasteiger partial charge on any atom is -0.478 e. The molecule has 134 valence electrons. The van der Waals surface area contributed by atoms with Gasteiger partial charge in [0, 0.05) is 24.0 Å². The molecule has 26 heavy (non-hydrogen) atoms. The average molecular weight is 349 g/mol. The Hall–Kier alpha value is -2.59. The number of hydrogen-bond donors (Lipinski definition) is 0. The number of fused-ring (bicyclic) bond motifs is 3. The largest absolute Gasteiger partial charge is 0.478 e. The van der Waals surface area contributed by atoms with Gasteiger partial charge in [0.1, 0.15) is 18.1 Å². The number of aryl methyl sites for hydroxylation is 1. The first-order valence-electron chi connectivity index (χ1n) is 9.00. The third-order valence-corrected chi connectivity index (χ3v) is 5.37. The van der Waals surface area contributed by atoms with Crippen molar-refractivity contribution in [2.75, 3.05) is 13.3 Å². The lowest BCUT2D eigenvalue weighted by atomic mass is 9.99. The Morgan fingerprint density at radius 3 is 2.62 bits per heavy atom. The monoisotopic (exact) mass is 349 g/mol. The van der Waals surface area contributed by atoms with Gasteiger partial charge in [-0.15, -0.1) is 0 Å². The minimum absolute atomic E-state index is 0.266. The van der Waals surface area contributed by atoms with E-state index < -0.39 is 0 Å². The van der Waals surface area contributed by atoms with E-state index >= 15 is 0 Å². The molecule has 1 aliphatic heterocycles. The van der Waals surface area contributed by atoms with Crippen LogP contribution in [0, 0.1) is 13.8 Å². The molecule has 0 fully saturated rings. The van der Waals surface area contributed by atoms with Gasteiger partial charge in [0.25, 0.3) is 0 Å². The summed E-state index contributed by atoms with van der Waals surface area (Å²) < 4.78 is 11.6. The van der Waals surface area contributed by atoms with E-state index in [2.05, 4.69) is 36.1 Å². The topological polar surface area (TPSA) is 42.7 Å². The third kappa shape index (κ3) is 2.90. The molecule has 2 aromatic carbocycles. The Kier molecular flexibility index (Phi) is 4.29. The van der Waals surface area contributed by atoms with Crippen molar-refractivity contribution in [3.05, 3.63) is 75.1 Å². The van der Waals surface area contributed by atoms with Gasteiger partial charge in [0.05, 0.1) is 5.56 Å². The fraction of sp³-hybridized carbons (Fsp3) is 0.318. The zero-order chi connectivity index (χ0) is 18.3. The zero-order valence-corrected chi connectivity index (χ0v) is 15.4. The summed E-state index contributed by atoms with van der Waals surface area (Å²) in [6.45, 7) is 8.15. The summed E-state index contributed by atoms with van der Waals surface area (Å²) in [6.07, 6.45) is 0. The van der Waals surface area contributed by atoms with E-state index in [4.69, 9.17) is 9.15 Å². The molecule has 0 spiro atoms. The second kappa shape index (κ2) is 6.61. The van der Waals surface area contributed by atoms with Gasteiger partial charge in [-0.2, -0.15) is 0 Å². The van der Waals surface area contributed by atoms with Crippen LogP contribution in [-0.2, 0) is 6.54 Å². The molecule has 1 aliphatic rings. The zero-order valence-electron chi connectivity index (χ0n) is 15.4. The second-order valence-corrected chi connectivity index (χ2v) is 7.16. The molecule has 1 atom stereocenters. The van der Waals surface area contributed by atoms with Gasteiger partial charge in [-0.3, -0.25) is 4.90 Å². The molecule has 3 aromatic rings. The summed E-state index contributed by atoms with van der Waals surface area (Å²) in [4.78, 5) is 14.4. The summed E-state index contributed by atoms with van der Waals surface area (Å²) in [5, 5.41) is 0.988. The van der Waals surface area contributed by atoms with E-state index in [0.29, 0.717) is 23.8 Å². The van der Waals surface area contributed by atoms with Crippen LogP contribution in [0.5, 0.6) is 5.75 Å². The van der Waals surface area contributed by atoms with Crippen molar-refractivity contribution in [3.8, 4) is 5.75 Å². The Morgan fingerprint density at radius 1 is 1.08 bits per heavy atom. The highest BCUT2D eigenvalue weighted by molar-refractivity contribution is 5.85. The smallest absolute Gasteiger partial charge is 0.339 e. The molecular formula is C22H23NO3. The number of nitrogens with zero attached hydrogens (tertiary/aromatic N) is 1. The standard InChI is InChI=1S/C22H23NO3/c1-14(17-7-5-4-6-8-17)11-23-12-19-20(25-13-23)10-9-18-15(2)16(3)22(24)26-21(18)19/h4-10,14H,11-13H2,1-3H3/t14-/m1/s1. The fourth-order valence-corrected chi connectivity index (χ4v) is 3.65. The first-order chi connectivity index (χ1) is 12.5. The van der Waals surface area contributed by atoms with Crippen LogP contribution in [0.25, 0.3) is 11.0 Å². The highest BCUT2D eigenvalue weighted by Crippen LogP contribution is 2.34. The second-order valence-electron chi connectivity index (χ2n) is 7.16. The molecule has 4 rings (SSSR count). The molecule has 0 aliphatic carbocycles. The predicted molar refractivity (Wildman–Crippen MR) is 103 cm³/mol. The highest BCUT2D eigenvalue weighted by atomic mass is 16.5. The SMILES string of the molecule is Cc1c(C)c2ccc3c(c2oc1=O)CN(C[C@@H](C)c1ccccc1)CO3. The van der Waals surface area contributed by atoms with Crippen LogP contribution in [0.3, 0.4) is 0 Å². The maximum atomic E-state index is 12.2. The molecule has 4 heteroatoms. The Balaban J connectivity index is 1.66. The lowest BCUT2D eigenvalue weighted by Crippen LogP contribution is -2.35. The first-order valence-corrected chi connectivity index (χ1v) is 9.00. The van der Waals surface area contributed by atoms with Crippen molar-refractivity contribution in [2.24, 2.45) is 0 Å². The van der Waals surface area contributed by atoms with Crippen molar-refractivity contribution in [1.82, 2.24) is 4.90 Å². The molecule has 0 radical (unpaired) electrons. The maximum Gasteiger partial charge on any atom is 0.339 e. The van der Waals surface area contributed by atoms with Crippen molar-refractivity contribution in [1.29, 1.82) is 0 Å². The molecule has 0 N–H and O–H groups in total. The number of ether oxygens (including phenoxy) is 1. The molecule has 0 unspecified atom stereocenters. The quantitative estimate of drug-likeness (QED) is 0.659. The van der Waals surface area contributed by atoms with Crippen molar-refractivity contribution in [2.45, 2.75) is 33.2 Å². The fourth-order valence-electron chi connectivity index (χ4n) is 3.65. The van der Waals surface area contributed by atoms with E-state index in [9.17, 15) is 4.79 Å². The van der Waals surface area contributed by atoms with E-state index in [0.717, 1.165) is 35.4 Å². The first kappa shape index (κ1) is 16.9. The number of hydrogen-bond acceptors (Lipinski definition) is 4. The summed E-state index contributed by atoms with van der Waals surface area (Å²) in [5.41, 5.74) is 4.33.